The number of halogens is 2. The molecule has 5 nitrogen and oxygen atoms in total. The van der Waals surface area contributed by atoms with Crippen LogP contribution in [0.15, 0.2) is 40.8 Å². The molecule has 3 N–H and O–H groups in total. The van der Waals surface area contributed by atoms with Gasteiger partial charge in [-0.05, 0) is 67.2 Å². The van der Waals surface area contributed by atoms with Gasteiger partial charge in [0.25, 0.3) is 5.91 Å². The number of thiophene rings is 1. The second kappa shape index (κ2) is 8.91. The minimum Gasteiger partial charge on any atom is -0.457 e. The van der Waals surface area contributed by atoms with Gasteiger partial charge in [-0.2, -0.15) is 0 Å². The van der Waals surface area contributed by atoms with E-state index in [0.717, 1.165) is 29.7 Å². The second-order valence-corrected chi connectivity index (χ2v) is 9.52. The molecule has 1 aliphatic carbocycles. The Labute approximate surface area is 193 Å². The molecule has 1 atom stereocenters. The third kappa shape index (κ3) is 4.71. The topological polar surface area (TPSA) is 85.3 Å². The SMILES string of the molecule is C[C@H]1CCc2c(sc(NC(=O)/C=C/c3ccc(-c4ccc(Cl)cc4Cl)o3)c2C(N)=O)C1. The van der Waals surface area contributed by atoms with Crippen molar-refractivity contribution < 1.29 is 14.0 Å². The highest BCUT2D eigenvalue weighted by Crippen LogP contribution is 2.39. The summed E-state index contributed by atoms with van der Waals surface area (Å²) < 4.78 is 5.77. The Kier molecular flexibility index (Phi) is 6.23. The Morgan fingerprint density at radius 3 is 2.81 bits per heavy atom. The number of nitrogens with one attached hydrogen (secondary N) is 1. The molecule has 2 aromatic heterocycles. The minimum atomic E-state index is -0.512. The third-order valence-electron chi connectivity index (χ3n) is 5.22. The highest BCUT2D eigenvalue weighted by Gasteiger charge is 2.27. The predicted octanol–water partition coefficient (Wildman–Crippen LogP) is 6.19. The summed E-state index contributed by atoms with van der Waals surface area (Å²) in [6, 6.07) is 8.65. The standard InChI is InChI=1S/C23H20Cl2N2O3S/c1-12-2-6-16-19(10-12)31-23(21(16)22(26)29)27-20(28)9-5-14-4-8-18(30-14)15-7-3-13(24)11-17(15)25/h3-5,7-9,11-12H,2,6,10H2,1H3,(H2,26,29)(H,27,28)/b9-5+/t12-/m0/s1. The number of anilines is 1. The quantitative estimate of drug-likeness (QED) is 0.432. The normalized spacial score (nSPS) is 15.8. The summed E-state index contributed by atoms with van der Waals surface area (Å²) in [7, 11) is 0. The Balaban J connectivity index is 1.50. The highest BCUT2D eigenvalue weighted by molar-refractivity contribution is 7.17. The highest BCUT2D eigenvalue weighted by atomic mass is 35.5. The van der Waals surface area contributed by atoms with Crippen LogP contribution in [0.3, 0.4) is 0 Å². The van der Waals surface area contributed by atoms with E-state index >= 15 is 0 Å². The van der Waals surface area contributed by atoms with E-state index in [1.807, 2.05) is 0 Å². The molecule has 0 saturated heterocycles. The predicted molar refractivity (Wildman–Crippen MR) is 126 cm³/mol. The van der Waals surface area contributed by atoms with Crippen molar-refractivity contribution in [2.45, 2.75) is 26.2 Å². The minimum absolute atomic E-state index is 0.364. The van der Waals surface area contributed by atoms with Gasteiger partial charge in [-0.25, -0.2) is 0 Å². The molecular formula is C23H20Cl2N2O3S. The molecule has 0 radical (unpaired) electrons. The van der Waals surface area contributed by atoms with Crippen LogP contribution in [0.4, 0.5) is 5.00 Å². The van der Waals surface area contributed by atoms with Crippen molar-refractivity contribution >= 4 is 57.4 Å². The second-order valence-electron chi connectivity index (χ2n) is 7.57. The zero-order chi connectivity index (χ0) is 22.1. The molecule has 4 rings (SSSR count). The van der Waals surface area contributed by atoms with Crippen LogP contribution in [0.25, 0.3) is 17.4 Å². The lowest BCUT2D eigenvalue weighted by Crippen LogP contribution is -2.18. The smallest absolute Gasteiger partial charge is 0.251 e. The van der Waals surface area contributed by atoms with Crippen LogP contribution in [0.1, 0.15) is 39.9 Å². The molecule has 2 heterocycles. The maximum atomic E-state index is 12.5. The molecule has 160 valence electrons. The Bertz CT molecular complexity index is 1200. The van der Waals surface area contributed by atoms with E-state index in [9.17, 15) is 9.59 Å². The van der Waals surface area contributed by atoms with Crippen molar-refractivity contribution in [1.29, 1.82) is 0 Å². The number of amides is 2. The van der Waals surface area contributed by atoms with Gasteiger partial charge in [0.1, 0.15) is 16.5 Å². The van der Waals surface area contributed by atoms with E-state index in [0.29, 0.717) is 43.6 Å². The van der Waals surface area contributed by atoms with Crippen molar-refractivity contribution in [2.75, 3.05) is 5.32 Å². The van der Waals surface area contributed by atoms with Gasteiger partial charge in [-0.3, -0.25) is 9.59 Å². The first kappa shape index (κ1) is 21.7. The van der Waals surface area contributed by atoms with Crippen LogP contribution in [0, 0.1) is 5.92 Å². The summed E-state index contributed by atoms with van der Waals surface area (Å²) in [4.78, 5) is 25.6. The first-order valence-corrected chi connectivity index (χ1v) is 11.4. The molecule has 0 aliphatic heterocycles. The molecule has 0 saturated carbocycles. The van der Waals surface area contributed by atoms with Crippen LogP contribution < -0.4 is 11.1 Å². The van der Waals surface area contributed by atoms with Crippen molar-refractivity contribution in [3.05, 3.63) is 68.2 Å². The van der Waals surface area contributed by atoms with E-state index < -0.39 is 5.91 Å². The Morgan fingerprint density at radius 1 is 1.26 bits per heavy atom. The van der Waals surface area contributed by atoms with Gasteiger partial charge in [0.05, 0.1) is 10.6 Å². The molecule has 1 aliphatic rings. The molecule has 8 heteroatoms. The Hall–Kier alpha value is -2.54. The van der Waals surface area contributed by atoms with Crippen molar-refractivity contribution in [3.8, 4) is 11.3 Å². The van der Waals surface area contributed by atoms with Gasteiger partial charge in [0, 0.05) is 21.5 Å². The van der Waals surface area contributed by atoms with Crippen molar-refractivity contribution in [3.63, 3.8) is 0 Å². The number of benzene rings is 1. The zero-order valence-electron chi connectivity index (χ0n) is 16.7. The van der Waals surface area contributed by atoms with Crippen molar-refractivity contribution in [1.82, 2.24) is 0 Å². The van der Waals surface area contributed by atoms with Crippen LogP contribution in [-0.4, -0.2) is 11.8 Å². The number of carbonyl (C=O) groups excluding carboxylic acids is 2. The maximum Gasteiger partial charge on any atom is 0.251 e. The van der Waals surface area contributed by atoms with E-state index in [1.165, 1.54) is 17.4 Å². The molecule has 0 bridgehead atoms. The maximum absolute atomic E-state index is 12.5. The third-order valence-corrected chi connectivity index (χ3v) is 6.93. The monoisotopic (exact) mass is 474 g/mol. The van der Waals surface area contributed by atoms with E-state index in [4.69, 9.17) is 33.4 Å². The number of hydrogen-bond acceptors (Lipinski definition) is 4. The van der Waals surface area contributed by atoms with E-state index in [-0.39, 0.29) is 5.91 Å². The summed E-state index contributed by atoms with van der Waals surface area (Å²) >= 11 is 13.6. The fraction of sp³-hybridized carbons (Fsp3) is 0.217. The lowest BCUT2D eigenvalue weighted by atomic mass is 9.88. The zero-order valence-corrected chi connectivity index (χ0v) is 19.0. The summed E-state index contributed by atoms with van der Waals surface area (Å²) in [6.07, 6.45) is 5.63. The summed E-state index contributed by atoms with van der Waals surface area (Å²) in [5.41, 5.74) is 7.72. The lowest BCUT2D eigenvalue weighted by Gasteiger charge is -2.18. The van der Waals surface area contributed by atoms with Gasteiger partial charge in [0.15, 0.2) is 0 Å². The number of rotatable bonds is 5. The summed E-state index contributed by atoms with van der Waals surface area (Å²) in [5.74, 6) is 0.736. The van der Waals surface area contributed by atoms with Gasteiger partial charge >= 0.3 is 0 Å². The van der Waals surface area contributed by atoms with Crippen LogP contribution in [-0.2, 0) is 17.6 Å². The van der Waals surface area contributed by atoms with Gasteiger partial charge in [-0.15, -0.1) is 11.3 Å². The van der Waals surface area contributed by atoms with Gasteiger partial charge < -0.3 is 15.5 Å². The average Bonchev–Trinajstić information content (AvgIpc) is 3.30. The first-order valence-electron chi connectivity index (χ1n) is 9.80. The molecule has 3 aromatic rings. The number of fused-ring (bicyclic) bond motifs is 1. The van der Waals surface area contributed by atoms with Crippen LogP contribution >= 0.6 is 34.5 Å². The molecule has 2 amide bonds. The molecular weight excluding hydrogens is 455 g/mol. The van der Waals surface area contributed by atoms with E-state index in [1.54, 1.807) is 36.4 Å². The number of nitrogens with two attached hydrogens (primary N) is 1. The molecule has 31 heavy (non-hydrogen) atoms. The molecule has 0 spiro atoms. The number of primary amides is 1. The number of hydrogen-bond donors (Lipinski definition) is 2. The van der Waals surface area contributed by atoms with Crippen molar-refractivity contribution in [2.24, 2.45) is 11.7 Å². The number of furan rings is 1. The largest absolute Gasteiger partial charge is 0.457 e. The Morgan fingerprint density at radius 2 is 2.06 bits per heavy atom. The number of carbonyl (C=O) groups is 2. The molecule has 0 fully saturated rings. The van der Waals surface area contributed by atoms with E-state index in [2.05, 4.69) is 12.2 Å². The summed E-state index contributed by atoms with van der Waals surface area (Å²) in [5, 5.41) is 4.33. The fourth-order valence-electron chi connectivity index (χ4n) is 3.69. The molecule has 0 unspecified atom stereocenters. The van der Waals surface area contributed by atoms with Crippen LogP contribution in [0.2, 0.25) is 10.0 Å². The average molecular weight is 475 g/mol. The fourth-order valence-corrected chi connectivity index (χ4v) is 5.61. The van der Waals surface area contributed by atoms with Crippen LogP contribution in [0.5, 0.6) is 0 Å². The summed E-state index contributed by atoms with van der Waals surface area (Å²) in [6.45, 7) is 2.18. The van der Waals surface area contributed by atoms with Gasteiger partial charge in [-0.1, -0.05) is 30.1 Å². The first-order chi connectivity index (χ1) is 14.8. The van der Waals surface area contributed by atoms with Gasteiger partial charge in [0.2, 0.25) is 5.91 Å². The molecule has 1 aromatic carbocycles. The lowest BCUT2D eigenvalue weighted by molar-refractivity contribution is -0.111.